The summed E-state index contributed by atoms with van der Waals surface area (Å²) in [6, 6.07) is 0.473. The molecule has 0 aromatic rings. The highest BCUT2D eigenvalue weighted by molar-refractivity contribution is 6.08. The predicted octanol–water partition coefficient (Wildman–Crippen LogP) is 3.49. The van der Waals surface area contributed by atoms with E-state index >= 15 is 0 Å². The Morgan fingerprint density at radius 2 is 2.11 bits per heavy atom. The first kappa shape index (κ1) is 10.7. The summed E-state index contributed by atoms with van der Waals surface area (Å²) >= 11 is 0. The van der Waals surface area contributed by atoms with Crippen LogP contribution < -0.4 is 0 Å². The highest BCUT2D eigenvalue weighted by Crippen LogP contribution is 2.47. The van der Waals surface area contributed by atoms with Crippen LogP contribution in [0.15, 0.2) is 32.3 Å². The maximum Gasteiger partial charge on any atom is 0.0612 e. The molecule has 2 unspecified atom stereocenters. The van der Waals surface area contributed by atoms with E-state index in [1.165, 1.54) is 37.1 Å². The summed E-state index contributed by atoms with van der Waals surface area (Å²) in [6.07, 6.45) is 6.13. The molecule has 0 N–H and O–H groups in total. The quantitative estimate of drug-likeness (QED) is 0.619. The van der Waals surface area contributed by atoms with Crippen molar-refractivity contribution in [3.05, 3.63) is 22.3 Å². The summed E-state index contributed by atoms with van der Waals surface area (Å²) in [7, 11) is 0. The molecule has 2 heteroatoms. The summed E-state index contributed by atoms with van der Waals surface area (Å²) < 4.78 is 0. The molecule has 0 spiro atoms. The van der Waals surface area contributed by atoms with E-state index in [1.807, 2.05) is 0 Å². The average molecular weight is 240 g/mol. The highest BCUT2D eigenvalue weighted by Gasteiger charge is 2.38. The van der Waals surface area contributed by atoms with Crippen molar-refractivity contribution in [2.45, 2.75) is 52.0 Å². The minimum absolute atomic E-state index is 0.473. The minimum Gasteiger partial charge on any atom is -0.290 e. The minimum atomic E-state index is 0.473. The molecule has 2 nitrogen and oxygen atoms in total. The Balaban J connectivity index is 1.87. The first-order valence-electron chi connectivity index (χ1n) is 7.25. The molecular weight excluding hydrogens is 220 g/mol. The molecule has 2 heterocycles. The van der Waals surface area contributed by atoms with Gasteiger partial charge in [0.25, 0.3) is 0 Å². The second-order valence-electron chi connectivity index (χ2n) is 6.19. The van der Waals surface area contributed by atoms with E-state index in [4.69, 9.17) is 9.98 Å². The first-order valence-corrected chi connectivity index (χ1v) is 7.25. The standard InChI is InChI=1S/C16H20N2/c1-9-6-14-12-4-3-5-15-16(12)11(8-17-15)7-13(14)10(2)18-9/h10,13H,3-8H2,1-2H3. The van der Waals surface area contributed by atoms with E-state index in [2.05, 4.69) is 13.8 Å². The van der Waals surface area contributed by atoms with Gasteiger partial charge >= 0.3 is 0 Å². The Labute approximate surface area is 109 Å². The molecule has 0 aromatic heterocycles. The van der Waals surface area contributed by atoms with Gasteiger partial charge < -0.3 is 0 Å². The predicted molar refractivity (Wildman–Crippen MR) is 75.5 cm³/mol. The summed E-state index contributed by atoms with van der Waals surface area (Å²) in [6.45, 7) is 5.46. The van der Waals surface area contributed by atoms with Crippen LogP contribution in [0.1, 0.15) is 46.0 Å². The number of hydrogen-bond acceptors (Lipinski definition) is 2. The fraction of sp³-hybridized carbons (Fsp3) is 0.625. The van der Waals surface area contributed by atoms with Gasteiger partial charge in [0, 0.05) is 23.8 Å². The van der Waals surface area contributed by atoms with Gasteiger partial charge in [-0.05, 0) is 56.3 Å². The van der Waals surface area contributed by atoms with Crippen molar-refractivity contribution in [2.24, 2.45) is 15.9 Å². The van der Waals surface area contributed by atoms with E-state index in [0.717, 1.165) is 13.0 Å². The number of nitrogens with zero attached hydrogens (tertiary/aromatic N) is 2. The zero-order valence-corrected chi connectivity index (χ0v) is 11.3. The van der Waals surface area contributed by atoms with Gasteiger partial charge in [0.15, 0.2) is 0 Å². The van der Waals surface area contributed by atoms with Gasteiger partial charge in [0.05, 0.1) is 12.6 Å². The molecule has 1 saturated carbocycles. The topological polar surface area (TPSA) is 24.7 Å². The third-order valence-corrected chi connectivity index (χ3v) is 5.00. The third kappa shape index (κ3) is 1.35. The smallest absolute Gasteiger partial charge is 0.0612 e. The molecular formula is C16H20N2. The van der Waals surface area contributed by atoms with Gasteiger partial charge in [0.2, 0.25) is 0 Å². The Morgan fingerprint density at radius 3 is 3.00 bits per heavy atom. The molecule has 1 fully saturated rings. The van der Waals surface area contributed by atoms with Crippen molar-refractivity contribution in [1.82, 2.24) is 0 Å². The first-order chi connectivity index (χ1) is 8.74. The van der Waals surface area contributed by atoms with Crippen molar-refractivity contribution in [1.29, 1.82) is 0 Å². The van der Waals surface area contributed by atoms with Crippen LogP contribution in [0, 0.1) is 5.92 Å². The Kier molecular flexibility index (Phi) is 2.18. The van der Waals surface area contributed by atoms with Crippen LogP contribution >= 0.6 is 0 Å². The van der Waals surface area contributed by atoms with Crippen LogP contribution in [-0.2, 0) is 0 Å². The Bertz CT molecular complexity index is 545. The van der Waals surface area contributed by atoms with Crippen LogP contribution in [0.25, 0.3) is 0 Å². The van der Waals surface area contributed by atoms with E-state index in [-0.39, 0.29) is 0 Å². The van der Waals surface area contributed by atoms with Crippen LogP contribution in [0.2, 0.25) is 0 Å². The molecule has 18 heavy (non-hydrogen) atoms. The van der Waals surface area contributed by atoms with Crippen molar-refractivity contribution < 1.29 is 0 Å². The molecule has 4 aliphatic rings. The molecule has 0 saturated heterocycles. The van der Waals surface area contributed by atoms with Crippen LogP contribution in [-0.4, -0.2) is 24.0 Å². The molecule has 0 amide bonds. The monoisotopic (exact) mass is 240 g/mol. The number of aliphatic imine (C=N–C) groups is 2. The number of rotatable bonds is 0. The number of fused-ring (bicyclic) bond motifs is 1. The van der Waals surface area contributed by atoms with Crippen molar-refractivity contribution >= 4 is 11.4 Å². The second-order valence-corrected chi connectivity index (χ2v) is 6.19. The fourth-order valence-corrected chi connectivity index (χ4v) is 4.26. The SMILES string of the molecule is CC1=NC(C)C2CC3=C4C(=NC3)CCCC4=C2C1. The largest absolute Gasteiger partial charge is 0.290 e. The van der Waals surface area contributed by atoms with Gasteiger partial charge in [-0.1, -0.05) is 5.57 Å². The van der Waals surface area contributed by atoms with Crippen molar-refractivity contribution in [3.63, 3.8) is 0 Å². The van der Waals surface area contributed by atoms with Crippen molar-refractivity contribution in [3.8, 4) is 0 Å². The molecule has 94 valence electrons. The average Bonchev–Trinajstić information content (AvgIpc) is 2.76. The zero-order valence-electron chi connectivity index (χ0n) is 11.3. The zero-order chi connectivity index (χ0) is 12.3. The maximum absolute atomic E-state index is 4.81. The third-order valence-electron chi connectivity index (χ3n) is 5.00. The van der Waals surface area contributed by atoms with E-state index in [1.54, 1.807) is 22.3 Å². The van der Waals surface area contributed by atoms with Crippen molar-refractivity contribution in [2.75, 3.05) is 6.54 Å². The Hall–Kier alpha value is -1.18. The number of allylic oxidation sites excluding steroid dienone is 2. The van der Waals surface area contributed by atoms with Crippen LogP contribution in [0.4, 0.5) is 0 Å². The molecule has 2 aliphatic carbocycles. The molecule has 2 aliphatic heterocycles. The summed E-state index contributed by atoms with van der Waals surface area (Å²) in [5.74, 6) is 0.676. The second kappa shape index (κ2) is 3.66. The summed E-state index contributed by atoms with van der Waals surface area (Å²) in [5, 5.41) is 0. The van der Waals surface area contributed by atoms with E-state index < -0.39 is 0 Å². The maximum atomic E-state index is 4.81. The van der Waals surface area contributed by atoms with E-state index in [0.29, 0.717) is 12.0 Å². The molecule has 0 radical (unpaired) electrons. The lowest BCUT2D eigenvalue weighted by Gasteiger charge is -2.37. The fourth-order valence-electron chi connectivity index (χ4n) is 4.26. The van der Waals surface area contributed by atoms with Gasteiger partial charge in [-0.2, -0.15) is 0 Å². The van der Waals surface area contributed by atoms with E-state index in [9.17, 15) is 0 Å². The lowest BCUT2D eigenvalue weighted by molar-refractivity contribution is 0.471. The molecule has 0 aromatic carbocycles. The van der Waals surface area contributed by atoms with Crippen LogP contribution in [0.5, 0.6) is 0 Å². The highest BCUT2D eigenvalue weighted by atomic mass is 14.8. The van der Waals surface area contributed by atoms with Gasteiger partial charge in [-0.15, -0.1) is 0 Å². The van der Waals surface area contributed by atoms with Gasteiger partial charge in [-0.3, -0.25) is 9.98 Å². The molecule has 0 bridgehead atoms. The lowest BCUT2D eigenvalue weighted by atomic mass is 9.69. The molecule has 2 atom stereocenters. The Morgan fingerprint density at radius 1 is 1.22 bits per heavy atom. The van der Waals surface area contributed by atoms with Crippen LogP contribution in [0.3, 0.4) is 0 Å². The number of hydrogen-bond donors (Lipinski definition) is 0. The summed E-state index contributed by atoms with van der Waals surface area (Å²) in [5.41, 5.74) is 9.34. The summed E-state index contributed by atoms with van der Waals surface area (Å²) in [4.78, 5) is 9.58. The normalized spacial score (nSPS) is 34.1. The lowest BCUT2D eigenvalue weighted by Crippen LogP contribution is -2.31. The molecule has 4 rings (SSSR count). The van der Waals surface area contributed by atoms with Gasteiger partial charge in [-0.25, -0.2) is 0 Å². The van der Waals surface area contributed by atoms with Gasteiger partial charge in [0.1, 0.15) is 0 Å².